The lowest BCUT2D eigenvalue weighted by molar-refractivity contribution is -0.137. The van der Waals surface area contributed by atoms with E-state index in [-0.39, 0.29) is 63.7 Å². The fourth-order valence-electron chi connectivity index (χ4n) is 9.95. The Bertz CT molecular complexity index is 2370. The first kappa shape index (κ1) is 39.6. The minimum atomic E-state index is -1.46. The second-order valence-corrected chi connectivity index (χ2v) is 16.1. The van der Waals surface area contributed by atoms with Gasteiger partial charge in [0.2, 0.25) is 0 Å². The van der Waals surface area contributed by atoms with Gasteiger partial charge in [-0.2, -0.15) is 0 Å². The van der Waals surface area contributed by atoms with Crippen molar-refractivity contribution in [1.29, 1.82) is 0 Å². The molecule has 3 aliphatic carbocycles. The van der Waals surface area contributed by atoms with Gasteiger partial charge >= 0.3 is 17.9 Å². The van der Waals surface area contributed by atoms with Crippen LogP contribution in [0.4, 0.5) is 0 Å². The number of ether oxygens (including phenoxy) is 3. The predicted octanol–water partition coefficient (Wildman–Crippen LogP) is 4.34. The van der Waals surface area contributed by atoms with E-state index in [1.54, 1.807) is 24.3 Å². The highest BCUT2D eigenvalue weighted by Crippen LogP contribution is 2.61. The summed E-state index contributed by atoms with van der Waals surface area (Å²) in [5.74, 6) is -1.47. The number of nitrogens with zero attached hydrogens (tertiary/aromatic N) is 1. The zero-order valence-electron chi connectivity index (χ0n) is 31.7. The summed E-state index contributed by atoms with van der Waals surface area (Å²) in [6.07, 6.45) is 0.0186. The van der Waals surface area contributed by atoms with Gasteiger partial charge in [-0.1, -0.05) is 18.1 Å². The number of hydrogen-bond donors (Lipinski definition) is 9. The van der Waals surface area contributed by atoms with Gasteiger partial charge in [-0.3, -0.25) is 10.5 Å². The molecule has 8 atom stereocenters. The van der Waals surface area contributed by atoms with Crippen LogP contribution in [0.2, 0.25) is 0 Å². The standard InChI is InChI=1S/C22H31N3O6.C21H12O7/c1-22-5-4-12-11-3-2-10(31-21(24)16(23)9-19(27)28)6-14(11)17(25-30)7-13(12)15(22)8-18(26)20(22)29;22-11-2-5-14-17(8-11)27-18-9-12(23)3-6-15(18)21(14)16-7-10(19(24)25)1-4-13(16)20(26)28-21/h2-3,6,12-13,15-16,18,20-21,26,29-30H,4-5,7-9,23-24H2,1H3,(H,27,28);1-9,22-23H,(H,24,25)/t12-,13-,15+,16?,18-,20+,21?,22+;/m1./s1. The number of fused-ring (bicyclic) bond motifs is 11. The monoisotopic (exact) mass is 809 g/mol. The number of carbonyl (C=O) groups excluding carboxylic acids is 1. The highest BCUT2D eigenvalue weighted by molar-refractivity contribution is 6.03. The SMILES string of the molecule is C[C@]12CC[C@@H]3c4ccc(OC(N)C(N)CC(=O)O)cc4C(=NO)C[C@H]3[C@@H]1C[C@@H](O)[C@@H]2O.O=C(O)c1ccc2c(c1)C1(OC2=O)c2ccc(O)cc2Oc2cc(O)ccc21. The number of phenolic OH excluding ortho intramolecular Hbond substituents is 2. The lowest BCUT2D eigenvalue weighted by Gasteiger charge is -2.49. The van der Waals surface area contributed by atoms with Crippen molar-refractivity contribution >= 4 is 23.6 Å². The molecule has 0 bridgehead atoms. The molecule has 0 radical (unpaired) electrons. The first-order valence-electron chi connectivity index (χ1n) is 19.1. The number of aliphatic carboxylic acids is 1. The fraction of sp³-hybridized carbons (Fsp3) is 0.349. The van der Waals surface area contributed by atoms with Crippen LogP contribution in [0, 0.1) is 17.3 Å². The van der Waals surface area contributed by atoms with Crippen LogP contribution < -0.4 is 20.9 Å². The van der Waals surface area contributed by atoms with E-state index in [2.05, 4.69) is 12.1 Å². The number of phenols is 2. The van der Waals surface area contributed by atoms with Crippen molar-refractivity contribution < 1.29 is 64.4 Å². The van der Waals surface area contributed by atoms with E-state index < -0.39 is 48.0 Å². The summed E-state index contributed by atoms with van der Waals surface area (Å²) in [5, 5.41) is 72.2. The van der Waals surface area contributed by atoms with Crippen LogP contribution in [-0.2, 0) is 15.1 Å². The molecule has 308 valence electrons. The summed E-state index contributed by atoms with van der Waals surface area (Å²) in [6.45, 7) is 2.05. The Morgan fingerprint density at radius 3 is 2.22 bits per heavy atom. The third-order valence-corrected chi connectivity index (χ3v) is 12.8. The van der Waals surface area contributed by atoms with Gasteiger partial charge in [0.25, 0.3) is 0 Å². The van der Waals surface area contributed by atoms with E-state index in [0.717, 1.165) is 24.0 Å². The van der Waals surface area contributed by atoms with Gasteiger partial charge in [-0.15, -0.1) is 0 Å². The number of rotatable bonds is 6. The molecule has 2 aliphatic heterocycles. The van der Waals surface area contributed by atoms with Crippen molar-refractivity contribution in [3.8, 4) is 28.7 Å². The van der Waals surface area contributed by atoms with Crippen molar-refractivity contribution in [2.24, 2.45) is 33.9 Å². The molecule has 2 heterocycles. The zero-order chi connectivity index (χ0) is 42.1. The number of aromatic hydroxyl groups is 2. The first-order valence-corrected chi connectivity index (χ1v) is 19.1. The molecule has 16 heteroatoms. The number of aliphatic hydroxyl groups excluding tert-OH is 2. The Morgan fingerprint density at radius 2 is 1.59 bits per heavy atom. The van der Waals surface area contributed by atoms with Crippen LogP contribution in [0.1, 0.15) is 93.5 Å². The molecule has 2 unspecified atom stereocenters. The molecule has 16 nitrogen and oxygen atoms in total. The van der Waals surface area contributed by atoms with Gasteiger partial charge < -0.3 is 55.8 Å². The highest BCUT2D eigenvalue weighted by Gasteiger charge is 2.58. The molecule has 1 spiro atoms. The quantitative estimate of drug-likeness (QED) is 0.0567. The molecule has 59 heavy (non-hydrogen) atoms. The smallest absolute Gasteiger partial charge is 0.340 e. The van der Waals surface area contributed by atoms with Crippen LogP contribution in [0.15, 0.2) is 78.0 Å². The Kier molecular flexibility index (Phi) is 9.78. The van der Waals surface area contributed by atoms with E-state index in [0.29, 0.717) is 41.0 Å². The number of esters is 1. The van der Waals surface area contributed by atoms with Crippen molar-refractivity contribution in [1.82, 2.24) is 0 Å². The van der Waals surface area contributed by atoms with Crippen molar-refractivity contribution in [2.75, 3.05) is 0 Å². The Labute approximate surface area is 336 Å². The number of oxime groups is 1. The lowest BCUT2D eigenvalue weighted by Crippen LogP contribution is -2.47. The van der Waals surface area contributed by atoms with Gasteiger partial charge in [-0.25, -0.2) is 9.59 Å². The maximum Gasteiger partial charge on any atom is 0.340 e. The molecule has 4 aromatic carbocycles. The molecule has 4 aromatic rings. The van der Waals surface area contributed by atoms with Gasteiger partial charge in [0.15, 0.2) is 11.8 Å². The van der Waals surface area contributed by atoms with Crippen LogP contribution in [-0.4, -0.2) is 83.9 Å². The van der Waals surface area contributed by atoms with Crippen LogP contribution in [0.25, 0.3) is 0 Å². The van der Waals surface area contributed by atoms with E-state index in [9.17, 15) is 45.1 Å². The summed E-state index contributed by atoms with van der Waals surface area (Å²) < 4.78 is 17.4. The molecule has 9 rings (SSSR count). The number of hydrogen-bond acceptors (Lipinski definition) is 14. The third kappa shape index (κ3) is 6.48. The molecule has 0 saturated heterocycles. The number of nitrogens with two attached hydrogens (primary N) is 2. The fourth-order valence-corrected chi connectivity index (χ4v) is 9.95. The molecule has 0 amide bonds. The van der Waals surface area contributed by atoms with Crippen LogP contribution in [0.5, 0.6) is 28.7 Å². The van der Waals surface area contributed by atoms with Crippen molar-refractivity contribution in [3.05, 3.63) is 112 Å². The molecule has 2 saturated carbocycles. The van der Waals surface area contributed by atoms with Gasteiger partial charge in [-0.05, 0) is 109 Å². The Morgan fingerprint density at radius 1 is 0.915 bits per heavy atom. The predicted molar refractivity (Wildman–Crippen MR) is 207 cm³/mol. The number of carbonyl (C=O) groups is 3. The summed E-state index contributed by atoms with van der Waals surface area (Å²) in [4.78, 5) is 35.0. The molecular weight excluding hydrogens is 766 g/mol. The number of carboxylic acid groups (broad SMARTS) is 2. The summed E-state index contributed by atoms with van der Waals surface area (Å²) in [7, 11) is 0. The maximum atomic E-state index is 12.7. The van der Waals surface area contributed by atoms with E-state index in [4.69, 9.17) is 30.8 Å². The van der Waals surface area contributed by atoms with Gasteiger partial charge in [0, 0.05) is 34.4 Å². The first-order chi connectivity index (χ1) is 28.0. The van der Waals surface area contributed by atoms with Gasteiger partial charge in [0.05, 0.1) is 41.5 Å². The number of benzene rings is 4. The van der Waals surface area contributed by atoms with Crippen molar-refractivity contribution in [2.45, 2.75) is 75.0 Å². The zero-order valence-corrected chi connectivity index (χ0v) is 31.7. The average Bonchev–Trinajstić information content (AvgIpc) is 3.61. The van der Waals surface area contributed by atoms with Gasteiger partial charge in [0.1, 0.15) is 28.7 Å². The van der Waals surface area contributed by atoms with E-state index in [1.807, 2.05) is 6.07 Å². The largest absolute Gasteiger partial charge is 0.508 e. The van der Waals surface area contributed by atoms with E-state index >= 15 is 0 Å². The summed E-state index contributed by atoms with van der Waals surface area (Å²) in [6, 6.07) is 17.5. The summed E-state index contributed by atoms with van der Waals surface area (Å²) in [5.41, 5.74) is 13.8. The minimum absolute atomic E-state index is 0.00331. The normalized spacial score (nSPS) is 26.9. The highest BCUT2D eigenvalue weighted by atomic mass is 16.6. The second kappa shape index (κ2) is 14.6. The topological polar surface area (TPSA) is 285 Å². The molecule has 2 fully saturated rings. The van der Waals surface area contributed by atoms with Crippen molar-refractivity contribution in [3.63, 3.8) is 0 Å². The number of aromatic carboxylic acids is 1. The minimum Gasteiger partial charge on any atom is -0.508 e. The second-order valence-electron chi connectivity index (χ2n) is 16.1. The van der Waals surface area contributed by atoms with E-state index in [1.165, 1.54) is 42.5 Å². The molecular formula is C43H43N3O13. The Hall–Kier alpha value is -6.20. The molecule has 11 N–H and O–H groups in total. The number of carboxylic acids is 2. The average molecular weight is 810 g/mol. The Balaban J connectivity index is 0.000000165. The van der Waals surface area contributed by atoms with Crippen LogP contribution >= 0.6 is 0 Å². The maximum absolute atomic E-state index is 12.7. The number of aliphatic hydroxyl groups is 2. The molecule has 5 aliphatic rings. The summed E-state index contributed by atoms with van der Waals surface area (Å²) >= 11 is 0. The van der Waals surface area contributed by atoms with Crippen LogP contribution in [0.3, 0.4) is 0 Å². The third-order valence-electron chi connectivity index (χ3n) is 12.8. The lowest BCUT2D eigenvalue weighted by atomic mass is 9.55. The molecule has 0 aromatic heterocycles.